The molecule has 0 spiro atoms. The van der Waals surface area contributed by atoms with Crippen molar-refractivity contribution in [2.24, 2.45) is 5.10 Å². The van der Waals surface area contributed by atoms with Gasteiger partial charge in [0, 0.05) is 6.21 Å². The minimum absolute atomic E-state index is 0.295. The summed E-state index contributed by atoms with van der Waals surface area (Å²) in [6, 6.07) is 0. The van der Waals surface area contributed by atoms with Crippen LogP contribution in [-0.4, -0.2) is 16.7 Å². The standard InChI is InChI=1S/C3H3ClN2OS/c4-3(7)2-1-5-6-8-2/h1-2,6H. The van der Waals surface area contributed by atoms with Crippen LogP contribution in [-0.2, 0) is 4.79 Å². The van der Waals surface area contributed by atoms with E-state index in [-0.39, 0.29) is 10.5 Å². The van der Waals surface area contributed by atoms with Crippen molar-refractivity contribution in [3.05, 3.63) is 0 Å². The van der Waals surface area contributed by atoms with Gasteiger partial charge in [-0.25, -0.2) is 0 Å². The van der Waals surface area contributed by atoms with Crippen molar-refractivity contribution in [1.29, 1.82) is 0 Å². The summed E-state index contributed by atoms with van der Waals surface area (Å²) in [6.07, 6.45) is 1.47. The Labute approximate surface area is 55.6 Å². The highest BCUT2D eigenvalue weighted by atomic mass is 35.5. The van der Waals surface area contributed by atoms with Gasteiger partial charge >= 0.3 is 0 Å². The first-order valence-electron chi connectivity index (χ1n) is 1.94. The van der Waals surface area contributed by atoms with E-state index in [1.807, 2.05) is 0 Å². The second kappa shape index (κ2) is 2.37. The molecule has 0 bridgehead atoms. The lowest BCUT2D eigenvalue weighted by Crippen LogP contribution is -2.09. The van der Waals surface area contributed by atoms with Crippen molar-refractivity contribution < 1.29 is 4.79 Å². The van der Waals surface area contributed by atoms with Crippen molar-refractivity contribution in [3.8, 4) is 0 Å². The van der Waals surface area contributed by atoms with E-state index in [4.69, 9.17) is 11.6 Å². The molecule has 0 radical (unpaired) electrons. The molecule has 0 saturated heterocycles. The maximum Gasteiger partial charge on any atom is 0.242 e. The number of rotatable bonds is 1. The van der Waals surface area contributed by atoms with Gasteiger partial charge in [-0.15, -0.1) is 0 Å². The van der Waals surface area contributed by atoms with E-state index in [1.54, 1.807) is 0 Å². The average Bonchev–Trinajstić information content (AvgIpc) is 2.12. The summed E-state index contributed by atoms with van der Waals surface area (Å²) in [6.45, 7) is 0. The van der Waals surface area contributed by atoms with Crippen molar-refractivity contribution in [2.75, 3.05) is 0 Å². The van der Waals surface area contributed by atoms with Gasteiger partial charge in [0.25, 0.3) is 0 Å². The van der Waals surface area contributed by atoms with Crippen LogP contribution in [0.1, 0.15) is 0 Å². The molecule has 0 fully saturated rings. The van der Waals surface area contributed by atoms with Crippen molar-refractivity contribution in [3.63, 3.8) is 0 Å². The van der Waals surface area contributed by atoms with E-state index in [0.717, 1.165) is 0 Å². The number of halogens is 1. The van der Waals surface area contributed by atoms with Crippen LogP contribution < -0.4 is 4.83 Å². The molecule has 0 aromatic rings. The van der Waals surface area contributed by atoms with Crippen molar-refractivity contribution in [1.82, 2.24) is 4.83 Å². The third kappa shape index (κ3) is 1.14. The SMILES string of the molecule is O=C(Cl)C1C=NNS1. The first-order valence-corrected chi connectivity index (χ1v) is 3.19. The molecule has 5 heteroatoms. The monoisotopic (exact) mass is 150 g/mol. The smallest absolute Gasteiger partial charge is 0.242 e. The molecule has 8 heavy (non-hydrogen) atoms. The Hall–Kier alpha value is -0.220. The fourth-order valence-corrected chi connectivity index (χ4v) is 0.960. The minimum Gasteiger partial charge on any atom is -0.280 e. The molecular formula is C3H3ClN2OS. The molecule has 0 aliphatic carbocycles. The molecule has 1 rings (SSSR count). The number of carbonyl (C=O) groups is 1. The van der Waals surface area contributed by atoms with Gasteiger partial charge in [0.05, 0.1) is 0 Å². The maximum atomic E-state index is 10.3. The molecule has 0 amide bonds. The number of nitrogens with zero attached hydrogens (tertiary/aromatic N) is 1. The Balaban J connectivity index is 2.48. The summed E-state index contributed by atoms with van der Waals surface area (Å²) in [5.41, 5.74) is 0. The van der Waals surface area contributed by atoms with Crippen LogP contribution in [0.15, 0.2) is 5.10 Å². The molecule has 3 nitrogen and oxygen atoms in total. The summed E-state index contributed by atoms with van der Waals surface area (Å²) in [5.74, 6) is 0. The maximum absolute atomic E-state index is 10.3. The molecule has 1 unspecified atom stereocenters. The topological polar surface area (TPSA) is 41.5 Å². The first kappa shape index (κ1) is 5.91. The highest BCUT2D eigenvalue weighted by Crippen LogP contribution is 2.11. The molecular weight excluding hydrogens is 148 g/mol. The number of carbonyl (C=O) groups excluding carboxylic acids is 1. The minimum atomic E-state index is -0.385. The third-order valence-electron chi connectivity index (χ3n) is 0.666. The molecule has 0 saturated carbocycles. The molecule has 0 aromatic heterocycles. The van der Waals surface area contributed by atoms with Gasteiger partial charge in [0.1, 0.15) is 5.25 Å². The lowest BCUT2D eigenvalue weighted by Gasteiger charge is -1.92. The summed E-state index contributed by atoms with van der Waals surface area (Å²) < 4.78 is 0. The van der Waals surface area contributed by atoms with Gasteiger partial charge in [-0.3, -0.25) is 9.63 Å². The van der Waals surface area contributed by atoms with Crippen LogP contribution in [0.25, 0.3) is 0 Å². The molecule has 44 valence electrons. The van der Waals surface area contributed by atoms with E-state index in [0.29, 0.717) is 0 Å². The number of hydrazone groups is 1. The van der Waals surface area contributed by atoms with Gasteiger partial charge in [-0.05, 0) is 23.5 Å². The van der Waals surface area contributed by atoms with Crippen LogP contribution in [0, 0.1) is 0 Å². The normalized spacial score (nSPS) is 25.4. The lowest BCUT2D eigenvalue weighted by atomic mass is 10.5. The van der Waals surface area contributed by atoms with Crippen LogP contribution in [0.4, 0.5) is 0 Å². The van der Waals surface area contributed by atoms with Crippen LogP contribution in [0.3, 0.4) is 0 Å². The zero-order valence-electron chi connectivity index (χ0n) is 3.80. The van der Waals surface area contributed by atoms with E-state index in [9.17, 15) is 4.79 Å². The van der Waals surface area contributed by atoms with E-state index in [1.165, 1.54) is 18.2 Å². The molecule has 1 aliphatic heterocycles. The average molecular weight is 151 g/mol. The van der Waals surface area contributed by atoms with Gasteiger partial charge in [-0.1, -0.05) is 0 Å². The summed E-state index contributed by atoms with van der Waals surface area (Å²) >= 11 is 6.29. The second-order valence-electron chi connectivity index (χ2n) is 1.21. The number of hydrogen-bond acceptors (Lipinski definition) is 4. The zero-order valence-corrected chi connectivity index (χ0v) is 5.37. The summed E-state index contributed by atoms with van der Waals surface area (Å²) in [7, 11) is 0. The van der Waals surface area contributed by atoms with Gasteiger partial charge < -0.3 is 0 Å². The van der Waals surface area contributed by atoms with Crippen LogP contribution in [0.5, 0.6) is 0 Å². The van der Waals surface area contributed by atoms with Crippen LogP contribution >= 0.6 is 23.5 Å². The largest absolute Gasteiger partial charge is 0.280 e. The van der Waals surface area contributed by atoms with Crippen LogP contribution in [0.2, 0.25) is 0 Å². The molecule has 1 N–H and O–H groups in total. The first-order chi connectivity index (χ1) is 3.80. The lowest BCUT2D eigenvalue weighted by molar-refractivity contribution is -0.110. The molecule has 0 aromatic carbocycles. The predicted molar refractivity (Wildman–Crippen MR) is 33.9 cm³/mol. The van der Waals surface area contributed by atoms with Crippen molar-refractivity contribution in [2.45, 2.75) is 5.25 Å². The Morgan fingerprint density at radius 1 is 2.00 bits per heavy atom. The second-order valence-corrected chi connectivity index (χ2v) is 2.51. The Morgan fingerprint density at radius 2 is 2.75 bits per heavy atom. The zero-order chi connectivity index (χ0) is 5.98. The fraction of sp³-hybridized carbons (Fsp3) is 0.333. The highest BCUT2D eigenvalue weighted by Gasteiger charge is 2.17. The predicted octanol–water partition coefficient (Wildman–Crippen LogP) is 0.358. The Kier molecular flexibility index (Phi) is 1.75. The summed E-state index contributed by atoms with van der Waals surface area (Å²) in [4.78, 5) is 12.8. The number of nitrogens with one attached hydrogen (secondary N) is 1. The summed E-state index contributed by atoms with van der Waals surface area (Å²) in [5, 5.41) is 2.89. The molecule has 1 atom stereocenters. The van der Waals surface area contributed by atoms with Gasteiger partial charge in [-0.2, -0.15) is 5.10 Å². The molecule has 1 aliphatic rings. The van der Waals surface area contributed by atoms with Gasteiger partial charge in [0.15, 0.2) is 0 Å². The van der Waals surface area contributed by atoms with Crippen molar-refractivity contribution >= 4 is 35.0 Å². The third-order valence-corrected chi connectivity index (χ3v) is 1.83. The Bertz CT molecular complexity index is 137. The van der Waals surface area contributed by atoms with E-state index >= 15 is 0 Å². The van der Waals surface area contributed by atoms with E-state index in [2.05, 4.69) is 9.93 Å². The fourth-order valence-electron chi connectivity index (χ4n) is 0.321. The highest BCUT2D eigenvalue weighted by molar-refractivity contribution is 7.99. The van der Waals surface area contributed by atoms with E-state index < -0.39 is 0 Å². The quantitative estimate of drug-likeness (QED) is 0.434. The molecule has 1 heterocycles. The number of hydrogen-bond donors (Lipinski definition) is 1. The Morgan fingerprint density at radius 3 is 3.00 bits per heavy atom. The van der Waals surface area contributed by atoms with Gasteiger partial charge in [0.2, 0.25) is 5.24 Å².